The molecule has 0 fully saturated rings. The Balaban J connectivity index is 3.30. The van der Waals surface area contributed by atoms with E-state index in [0.29, 0.717) is 0 Å². The molecular formula is C27H57N. The second-order valence-corrected chi connectivity index (χ2v) is 9.38. The van der Waals surface area contributed by atoms with Crippen molar-refractivity contribution in [2.45, 2.75) is 162 Å². The molecule has 1 unspecified atom stereocenters. The summed E-state index contributed by atoms with van der Waals surface area (Å²) in [5.74, 6) is 0.984. The number of hydrogen-bond donors (Lipinski definition) is 1. The molecule has 0 saturated heterocycles. The van der Waals surface area contributed by atoms with Gasteiger partial charge in [0.15, 0.2) is 0 Å². The highest BCUT2D eigenvalue weighted by atomic mass is 14.5. The summed E-state index contributed by atoms with van der Waals surface area (Å²) in [4.78, 5) is 0. The van der Waals surface area contributed by atoms with Gasteiger partial charge in [0.2, 0.25) is 0 Å². The molecule has 0 radical (unpaired) electrons. The van der Waals surface area contributed by atoms with Crippen LogP contribution in [0.2, 0.25) is 0 Å². The van der Waals surface area contributed by atoms with Crippen molar-refractivity contribution in [2.24, 2.45) is 11.7 Å². The third-order valence-electron chi connectivity index (χ3n) is 6.50. The van der Waals surface area contributed by atoms with Crippen molar-refractivity contribution < 1.29 is 0 Å². The first-order chi connectivity index (χ1) is 13.8. The maximum absolute atomic E-state index is 5.66. The molecular weight excluding hydrogens is 338 g/mol. The lowest BCUT2D eigenvalue weighted by molar-refractivity contribution is 0.374. The van der Waals surface area contributed by atoms with Crippen molar-refractivity contribution in [3.63, 3.8) is 0 Å². The molecule has 1 nitrogen and oxygen atoms in total. The maximum Gasteiger partial charge on any atom is -0.00773 e. The van der Waals surface area contributed by atoms with Gasteiger partial charge in [0.05, 0.1) is 0 Å². The van der Waals surface area contributed by atoms with E-state index in [2.05, 4.69) is 13.8 Å². The zero-order chi connectivity index (χ0) is 20.5. The molecule has 0 aromatic carbocycles. The average Bonchev–Trinajstić information content (AvgIpc) is 2.71. The fraction of sp³-hybridized carbons (Fsp3) is 1.00. The minimum absolute atomic E-state index is 0.875. The fourth-order valence-electron chi connectivity index (χ4n) is 4.48. The molecule has 0 aliphatic rings. The highest BCUT2D eigenvalue weighted by molar-refractivity contribution is 4.61. The van der Waals surface area contributed by atoms with E-state index >= 15 is 0 Å². The molecule has 0 rings (SSSR count). The van der Waals surface area contributed by atoms with Crippen molar-refractivity contribution in [1.29, 1.82) is 0 Å². The first kappa shape index (κ1) is 28.0. The highest BCUT2D eigenvalue weighted by Crippen LogP contribution is 2.23. The lowest BCUT2D eigenvalue weighted by atomic mass is 9.90. The Morgan fingerprint density at radius 3 is 1.11 bits per heavy atom. The summed E-state index contributed by atoms with van der Waals surface area (Å²) in [6.07, 6.45) is 33.2. The van der Waals surface area contributed by atoms with E-state index in [1.54, 1.807) is 0 Å². The molecule has 0 aliphatic heterocycles. The van der Waals surface area contributed by atoms with Crippen molar-refractivity contribution in [3.8, 4) is 0 Å². The van der Waals surface area contributed by atoms with Crippen LogP contribution in [0.1, 0.15) is 162 Å². The highest BCUT2D eigenvalue weighted by Gasteiger charge is 2.07. The van der Waals surface area contributed by atoms with Gasteiger partial charge in [0, 0.05) is 0 Å². The summed E-state index contributed by atoms with van der Waals surface area (Å²) in [5, 5.41) is 0. The molecule has 0 aliphatic carbocycles. The van der Waals surface area contributed by atoms with Crippen LogP contribution in [0.5, 0.6) is 0 Å². The van der Waals surface area contributed by atoms with E-state index in [1.807, 2.05) is 0 Å². The van der Waals surface area contributed by atoms with Gasteiger partial charge >= 0.3 is 0 Å². The first-order valence-corrected chi connectivity index (χ1v) is 13.5. The van der Waals surface area contributed by atoms with Crippen LogP contribution < -0.4 is 5.73 Å². The van der Waals surface area contributed by atoms with Crippen LogP contribution in [0.4, 0.5) is 0 Å². The fourth-order valence-corrected chi connectivity index (χ4v) is 4.48. The second-order valence-electron chi connectivity index (χ2n) is 9.38. The van der Waals surface area contributed by atoms with Crippen LogP contribution in [0.3, 0.4) is 0 Å². The molecule has 28 heavy (non-hydrogen) atoms. The summed E-state index contributed by atoms with van der Waals surface area (Å²) in [6.45, 7) is 5.50. The molecule has 0 spiro atoms. The van der Waals surface area contributed by atoms with Crippen LogP contribution in [0.25, 0.3) is 0 Å². The molecule has 0 saturated carbocycles. The molecule has 0 aromatic rings. The van der Waals surface area contributed by atoms with Crippen molar-refractivity contribution in [1.82, 2.24) is 0 Å². The van der Waals surface area contributed by atoms with E-state index < -0.39 is 0 Å². The zero-order valence-corrected chi connectivity index (χ0v) is 20.1. The molecule has 1 heteroatoms. The van der Waals surface area contributed by atoms with E-state index in [4.69, 9.17) is 5.73 Å². The van der Waals surface area contributed by atoms with Crippen LogP contribution >= 0.6 is 0 Å². The Labute approximate surface area is 180 Å². The molecule has 0 amide bonds. The van der Waals surface area contributed by atoms with E-state index in [1.165, 1.54) is 148 Å². The van der Waals surface area contributed by atoms with Gasteiger partial charge in [-0.2, -0.15) is 0 Å². The van der Waals surface area contributed by atoms with Gasteiger partial charge in [0.1, 0.15) is 0 Å². The summed E-state index contributed by atoms with van der Waals surface area (Å²) in [7, 11) is 0. The number of hydrogen-bond acceptors (Lipinski definition) is 1. The predicted molar refractivity (Wildman–Crippen MR) is 130 cm³/mol. The summed E-state index contributed by atoms with van der Waals surface area (Å²) < 4.78 is 0. The quantitative estimate of drug-likeness (QED) is 0.162. The lowest BCUT2D eigenvalue weighted by Crippen LogP contribution is -2.04. The van der Waals surface area contributed by atoms with Gasteiger partial charge in [-0.05, 0) is 18.9 Å². The van der Waals surface area contributed by atoms with Gasteiger partial charge in [-0.15, -0.1) is 0 Å². The van der Waals surface area contributed by atoms with Crippen molar-refractivity contribution in [2.75, 3.05) is 6.54 Å². The van der Waals surface area contributed by atoms with E-state index in [0.717, 1.165) is 12.5 Å². The van der Waals surface area contributed by atoms with Crippen LogP contribution in [0, 0.1) is 5.92 Å². The summed E-state index contributed by atoms with van der Waals surface area (Å²) in [5.41, 5.74) is 5.66. The topological polar surface area (TPSA) is 26.0 Å². The lowest BCUT2D eigenvalue weighted by Gasteiger charge is -2.16. The predicted octanol–water partition coefficient (Wildman–Crippen LogP) is 9.57. The molecule has 0 aromatic heterocycles. The average molecular weight is 396 g/mol. The van der Waals surface area contributed by atoms with Crippen LogP contribution in [-0.4, -0.2) is 6.54 Å². The van der Waals surface area contributed by atoms with Crippen LogP contribution in [0.15, 0.2) is 0 Å². The Morgan fingerprint density at radius 2 is 0.714 bits per heavy atom. The first-order valence-electron chi connectivity index (χ1n) is 13.5. The number of rotatable bonds is 24. The third-order valence-corrected chi connectivity index (χ3v) is 6.50. The zero-order valence-electron chi connectivity index (χ0n) is 20.1. The largest absolute Gasteiger partial charge is 0.330 e. The van der Waals surface area contributed by atoms with Gasteiger partial charge in [-0.1, -0.05) is 155 Å². The minimum Gasteiger partial charge on any atom is -0.330 e. The van der Waals surface area contributed by atoms with Crippen molar-refractivity contribution >= 4 is 0 Å². The third kappa shape index (κ3) is 22.3. The monoisotopic (exact) mass is 395 g/mol. The van der Waals surface area contributed by atoms with Gasteiger partial charge in [0.25, 0.3) is 0 Å². The number of nitrogens with two attached hydrogens (primary N) is 1. The number of unbranched alkanes of at least 4 members (excludes halogenated alkanes) is 17. The smallest absolute Gasteiger partial charge is 0.00773 e. The molecule has 0 heterocycles. The Morgan fingerprint density at radius 1 is 0.393 bits per heavy atom. The summed E-state index contributed by atoms with van der Waals surface area (Å²) in [6, 6.07) is 0. The molecule has 1 atom stereocenters. The minimum atomic E-state index is 0.875. The summed E-state index contributed by atoms with van der Waals surface area (Å²) >= 11 is 0. The van der Waals surface area contributed by atoms with Crippen LogP contribution in [-0.2, 0) is 0 Å². The molecule has 170 valence electrons. The Bertz CT molecular complexity index is 263. The van der Waals surface area contributed by atoms with E-state index in [-0.39, 0.29) is 0 Å². The Kier molecular flexibility index (Phi) is 25.0. The Hall–Kier alpha value is -0.0400. The van der Waals surface area contributed by atoms with Gasteiger partial charge < -0.3 is 5.73 Å². The second kappa shape index (κ2) is 25.0. The SMILES string of the molecule is CCCCCCCCCCCCCCCCCCC(CCCC)CCCCN. The van der Waals surface area contributed by atoms with Crippen molar-refractivity contribution in [3.05, 3.63) is 0 Å². The normalized spacial score (nSPS) is 12.5. The van der Waals surface area contributed by atoms with Gasteiger partial charge in [-0.3, -0.25) is 0 Å². The van der Waals surface area contributed by atoms with E-state index in [9.17, 15) is 0 Å². The maximum atomic E-state index is 5.66. The van der Waals surface area contributed by atoms with Gasteiger partial charge in [-0.25, -0.2) is 0 Å². The molecule has 0 bridgehead atoms. The molecule has 2 N–H and O–H groups in total. The standard InChI is InChI=1S/C27H57N/c1-3-5-7-8-9-10-11-12-13-14-15-16-17-18-19-20-24-27(23-6-4-2)25-21-22-26-28/h27H,3-26,28H2,1-2H3.